The third kappa shape index (κ3) is 4.03. The van der Waals surface area contributed by atoms with Crippen LogP contribution in [0.3, 0.4) is 0 Å². The van der Waals surface area contributed by atoms with Crippen LogP contribution >= 0.6 is 0 Å². The molecule has 0 saturated heterocycles. The zero-order valence-electron chi connectivity index (χ0n) is 11.8. The molecule has 1 atom stereocenters. The summed E-state index contributed by atoms with van der Waals surface area (Å²) in [4.78, 5) is 2.32. The maximum Gasteiger partial charge on any atom is 0.0954 e. The minimum absolute atomic E-state index is 0.161. The van der Waals surface area contributed by atoms with E-state index in [4.69, 9.17) is 4.74 Å². The zero-order valence-corrected chi connectivity index (χ0v) is 11.8. The van der Waals surface area contributed by atoms with Crippen molar-refractivity contribution in [3.8, 4) is 0 Å². The lowest BCUT2D eigenvalue weighted by molar-refractivity contribution is 0.0125. The van der Waals surface area contributed by atoms with E-state index in [2.05, 4.69) is 36.1 Å². The van der Waals surface area contributed by atoms with E-state index in [1.165, 1.54) is 24.0 Å². The maximum absolute atomic E-state index is 9.18. The molecule has 1 aliphatic heterocycles. The van der Waals surface area contributed by atoms with Crippen LogP contribution in [0.25, 0.3) is 0 Å². The predicted molar refractivity (Wildman–Crippen MR) is 77.3 cm³/mol. The Bertz CT molecular complexity index is 381. The van der Waals surface area contributed by atoms with Gasteiger partial charge in [-0.1, -0.05) is 37.6 Å². The number of rotatable bonds is 7. The SMILES string of the molecule is CCCCN(CCO)CC1OCCc2ccccc21. The van der Waals surface area contributed by atoms with Crippen LogP contribution in [-0.2, 0) is 11.2 Å². The Morgan fingerprint density at radius 2 is 2.16 bits per heavy atom. The number of hydrogen-bond acceptors (Lipinski definition) is 3. The minimum Gasteiger partial charge on any atom is -0.395 e. The van der Waals surface area contributed by atoms with Crippen LogP contribution < -0.4 is 0 Å². The normalized spacial score (nSPS) is 18.6. The summed E-state index contributed by atoms with van der Waals surface area (Å²) in [7, 11) is 0. The van der Waals surface area contributed by atoms with Gasteiger partial charge in [0.25, 0.3) is 0 Å². The van der Waals surface area contributed by atoms with Gasteiger partial charge in [-0.3, -0.25) is 4.90 Å². The number of fused-ring (bicyclic) bond motifs is 1. The molecule has 0 fully saturated rings. The van der Waals surface area contributed by atoms with E-state index in [1.54, 1.807) is 0 Å². The van der Waals surface area contributed by atoms with Gasteiger partial charge in [0.15, 0.2) is 0 Å². The summed E-state index contributed by atoms with van der Waals surface area (Å²) in [5.41, 5.74) is 2.74. The Hall–Kier alpha value is -0.900. The van der Waals surface area contributed by atoms with E-state index >= 15 is 0 Å². The largest absolute Gasteiger partial charge is 0.395 e. The topological polar surface area (TPSA) is 32.7 Å². The molecule has 0 spiro atoms. The maximum atomic E-state index is 9.18. The van der Waals surface area contributed by atoms with Crippen LogP contribution in [-0.4, -0.2) is 42.9 Å². The Balaban J connectivity index is 2.01. The van der Waals surface area contributed by atoms with Crippen molar-refractivity contribution in [3.63, 3.8) is 0 Å². The molecule has 1 aromatic rings. The third-order valence-electron chi connectivity index (χ3n) is 3.76. The third-order valence-corrected chi connectivity index (χ3v) is 3.76. The van der Waals surface area contributed by atoms with Gasteiger partial charge in [0.05, 0.1) is 19.3 Å². The van der Waals surface area contributed by atoms with Gasteiger partial charge in [0.2, 0.25) is 0 Å². The molecule has 0 radical (unpaired) electrons. The molecule has 3 heteroatoms. The number of aliphatic hydroxyl groups is 1. The highest BCUT2D eigenvalue weighted by molar-refractivity contribution is 5.31. The van der Waals surface area contributed by atoms with Gasteiger partial charge < -0.3 is 9.84 Å². The average molecular weight is 263 g/mol. The molecule has 0 amide bonds. The lowest BCUT2D eigenvalue weighted by Gasteiger charge is -2.31. The first kappa shape index (κ1) is 14.5. The highest BCUT2D eigenvalue weighted by Gasteiger charge is 2.22. The number of hydrogen-bond donors (Lipinski definition) is 1. The van der Waals surface area contributed by atoms with E-state index in [0.29, 0.717) is 0 Å². The van der Waals surface area contributed by atoms with Crippen molar-refractivity contribution in [1.29, 1.82) is 0 Å². The molecular weight excluding hydrogens is 238 g/mol. The van der Waals surface area contributed by atoms with Crippen LogP contribution in [0.15, 0.2) is 24.3 Å². The molecule has 3 nitrogen and oxygen atoms in total. The Labute approximate surface area is 116 Å². The van der Waals surface area contributed by atoms with Crippen molar-refractivity contribution >= 4 is 0 Å². The number of ether oxygens (including phenoxy) is 1. The van der Waals surface area contributed by atoms with Crippen molar-refractivity contribution < 1.29 is 9.84 Å². The van der Waals surface area contributed by atoms with Crippen molar-refractivity contribution in [2.24, 2.45) is 0 Å². The fourth-order valence-electron chi connectivity index (χ4n) is 2.68. The van der Waals surface area contributed by atoms with Crippen LogP contribution in [0.2, 0.25) is 0 Å². The molecule has 2 rings (SSSR count). The van der Waals surface area contributed by atoms with E-state index < -0.39 is 0 Å². The van der Waals surface area contributed by atoms with E-state index in [0.717, 1.165) is 32.7 Å². The van der Waals surface area contributed by atoms with Crippen molar-refractivity contribution in [2.45, 2.75) is 32.3 Å². The molecular formula is C16H25NO2. The fraction of sp³-hybridized carbons (Fsp3) is 0.625. The average Bonchev–Trinajstić information content (AvgIpc) is 2.45. The number of aliphatic hydroxyl groups excluding tert-OH is 1. The standard InChI is InChI=1S/C16H25NO2/c1-2-3-9-17(10-11-18)13-16-15-7-5-4-6-14(15)8-12-19-16/h4-7,16,18H,2-3,8-13H2,1H3. The fourth-order valence-corrected chi connectivity index (χ4v) is 2.68. The molecule has 1 heterocycles. The number of benzene rings is 1. The van der Waals surface area contributed by atoms with Crippen LogP contribution in [0.1, 0.15) is 37.0 Å². The van der Waals surface area contributed by atoms with E-state index in [-0.39, 0.29) is 12.7 Å². The number of unbranched alkanes of at least 4 members (excludes halogenated alkanes) is 1. The van der Waals surface area contributed by atoms with E-state index in [9.17, 15) is 5.11 Å². The highest BCUT2D eigenvalue weighted by atomic mass is 16.5. The first-order chi connectivity index (χ1) is 9.35. The minimum atomic E-state index is 0.161. The molecule has 106 valence electrons. The molecule has 19 heavy (non-hydrogen) atoms. The van der Waals surface area contributed by atoms with Crippen molar-refractivity contribution in [2.75, 3.05) is 32.8 Å². The van der Waals surface area contributed by atoms with Gasteiger partial charge in [-0.05, 0) is 30.5 Å². The zero-order chi connectivity index (χ0) is 13.5. The van der Waals surface area contributed by atoms with Gasteiger partial charge in [0.1, 0.15) is 0 Å². The molecule has 0 aromatic heterocycles. The van der Waals surface area contributed by atoms with Gasteiger partial charge in [0, 0.05) is 13.1 Å². The van der Waals surface area contributed by atoms with Gasteiger partial charge in [-0.2, -0.15) is 0 Å². The molecule has 0 saturated carbocycles. The molecule has 1 aliphatic rings. The van der Waals surface area contributed by atoms with Crippen molar-refractivity contribution in [1.82, 2.24) is 4.90 Å². The van der Waals surface area contributed by atoms with Gasteiger partial charge in [-0.15, -0.1) is 0 Å². The number of nitrogens with zero attached hydrogens (tertiary/aromatic N) is 1. The van der Waals surface area contributed by atoms with E-state index in [1.807, 2.05) is 0 Å². The molecule has 0 bridgehead atoms. The molecule has 1 aromatic carbocycles. The Morgan fingerprint density at radius 1 is 1.32 bits per heavy atom. The second kappa shape index (κ2) is 7.63. The lowest BCUT2D eigenvalue weighted by atomic mass is 9.97. The summed E-state index contributed by atoms with van der Waals surface area (Å²) in [6.45, 7) is 5.89. The quantitative estimate of drug-likeness (QED) is 0.820. The Kier molecular flexibility index (Phi) is 5.83. The lowest BCUT2D eigenvalue weighted by Crippen LogP contribution is -2.34. The summed E-state index contributed by atoms with van der Waals surface area (Å²) >= 11 is 0. The summed E-state index contributed by atoms with van der Waals surface area (Å²) in [6.07, 6.45) is 3.54. The predicted octanol–water partition coefficient (Wildman–Crippen LogP) is 2.39. The van der Waals surface area contributed by atoms with Crippen LogP contribution in [0.5, 0.6) is 0 Å². The summed E-state index contributed by atoms with van der Waals surface area (Å²) < 4.78 is 5.94. The highest BCUT2D eigenvalue weighted by Crippen LogP contribution is 2.27. The molecule has 1 unspecified atom stereocenters. The summed E-state index contributed by atoms with van der Waals surface area (Å²) in [6, 6.07) is 8.57. The van der Waals surface area contributed by atoms with Crippen LogP contribution in [0, 0.1) is 0 Å². The van der Waals surface area contributed by atoms with Crippen molar-refractivity contribution in [3.05, 3.63) is 35.4 Å². The second-order valence-corrected chi connectivity index (χ2v) is 5.19. The monoisotopic (exact) mass is 263 g/mol. The Morgan fingerprint density at radius 3 is 2.95 bits per heavy atom. The van der Waals surface area contributed by atoms with Gasteiger partial charge >= 0.3 is 0 Å². The molecule has 0 aliphatic carbocycles. The first-order valence-corrected chi connectivity index (χ1v) is 7.37. The smallest absolute Gasteiger partial charge is 0.0954 e. The molecule has 1 N–H and O–H groups in total. The van der Waals surface area contributed by atoms with Gasteiger partial charge in [-0.25, -0.2) is 0 Å². The van der Waals surface area contributed by atoms with Crippen LogP contribution in [0.4, 0.5) is 0 Å². The first-order valence-electron chi connectivity index (χ1n) is 7.37. The summed E-state index contributed by atoms with van der Waals surface area (Å²) in [5, 5.41) is 9.18. The summed E-state index contributed by atoms with van der Waals surface area (Å²) in [5.74, 6) is 0. The second-order valence-electron chi connectivity index (χ2n) is 5.19.